The smallest absolute Gasteiger partial charge is 0.410 e. The Hall–Kier alpha value is -1.56. The van der Waals surface area contributed by atoms with Crippen LogP contribution in [-0.4, -0.2) is 44.8 Å². The van der Waals surface area contributed by atoms with Gasteiger partial charge in [0.25, 0.3) is 0 Å². The maximum atomic E-state index is 12.2. The number of amides is 1. The first kappa shape index (κ1) is 17.8. The molecular weight excluding hydrogens is 294 g/mol. The molecule has 0 spiro atoms. The highest BCUT2D eigenvalue weighted by atomic mass is 16.6. The van der Waals surface area contributed by atoms with Crippen LogP contribution in [0.15, 0.2) is 12.5 Å². The summed E-state index contributed by atoms with van der Waals surface area (Å²) >= 11 is 0. The molecule has 23 heavy (non-hydrogen) atoms. The Morgan fingerprint density at radius 2 is 2.17 bits per heavy atom. The zero-order valence-corrected chi connectivity index (χ0v) is 15.0. The number of ether oxygens (including phenoxy) is 2. The van der Waals surface area contributed by atoms with Crippen molar-refractivity contribution in [2.24, 2.45) is 0 Å². The SMILES string of the molecule is CCCn1cncc1COC1(C)CCN(C(=O)OC(C)(C)C)C1. The van der Waals surface area contributed by atoms with Crippen molar-refractivity contribution in [2.45, 2.75) is 71.8 Å². The van der Waals surface area contributed by atoms with Crippen LogP contribution in [0.3, 0.4) is 0 Å². The number of rotatable bonds is 5. The first-order valence-corrected chi connectivity index (χ1v) is 8.33. The summed E-state index contributed by atoms with van der Waals surface area (Å²) in [5.41, 5.74) is 0.269. The quantitative estimate of drug-likeness (QED) is 0.835. The van der Waals surface area contributed by atoms with E-state index in [0.29, 0.717) is 19.7 Å². The summed E-state index contributed by atoms with van der Waals surface area (Å²) in [6.45, 7) is 12.5. The molecule has 2 rings (SSSR count). The molecule has 0 aliphatic carbocycles. The first-order valence-electron chi connectivity index (χ1n) is 8.33. The Bertz CT molecular complexity index is 535. The van der Waals surface area contributed by atoms with E-state index in [4.69, 9.17) is 9.47 Å². The third-order valence-electron chi connectivity index (χ3n) is 3.92. The van der Waals surface area contributed by atoms with Crippen molar-refractivity contribution < 1.29 is 14.3 Å². The van der Waals surface area contributed by atoms with E-state index in [1.54, 1.807) is 4.90 Å². The van der Waals surface area contributed by atoms with Gasteiger partial charge in [0.15, 0.2) is 0 Å². The van der Waals surface area contributed by atoms with Crippen molar-refractivity contribution >= 4 is 6.09 Å². The van der Waals surface area contributed by atoms with Gasteiger partial charge in [0.1, 0.15) is 5.60 Å². The number of hydrogen-bond acceptors (Lipinski definition) is 4. The Labute approximate surface area is 138 Å². The normalized spacial score (nSPS) is 21.7. The number of hydrogen-bond donors (Lipinski definition) is 0. The summed E-state index contributed by atoms with van der Waals surface area (Å²) < 4.78 is 13.7. The number of carbonyl (C=O) groups excluding carboxylic acids is 1. The third-order valence-corrected chi connectivity index (χ3v) is 3.92. The molecule has 6 heteroatoms. The molecule has 2 heterocycles. The van der Waals surface area contributed by atoms with Gasteiger partial charge in [-0.2, -0.15) is 0 Å². The fourth-order valence-electron chi connectivity index (χ4n) is 2.69. The minimum absolute atomic E-state index is 0.263. The highest BCUT2D eigenvalue weighted by Crippen LogP contribution is 2.27. The Kier molecular flexibility index (Phi) is 5.34. The van der Waals surface area contributed by atoms with Crippen molar-refractivity contribution in [3.63, 3.8) is 0 Å². The van der Waals surface area contributed by atoms with E-state index in [2.05, 4.69) is 23.4 Å². The summed E-state index contributed by atoms with van der Waals surface area (Å²) in [6, 6.07) is 0. The van der Waals surface area contributed by atoms with E-state index in [1.165, 1.54) is 0 Å². The van der Waals surface area contributed by atoms with Gasteiger partial charge in [0, 0.05) is 13.1 Å². The van der Waals surface area contributed by atoms with Gasteiger partial charge in [-0.15, -0.1) is 0 Å². The lowest BCUT2D eigenvalue weighted by atomic mass is 10.1. The van der Waals surface area contributed by atoms with Crippen LogP contribution in [-0.2, 0) is 22.6 Å². The molecule has 1 aromatic heterocycles. The highest BCUT2D eigenvalue weighted by Gasteiger charge is 2.38. The average Bonchev–Trinajstić information content (AvgIpc) is 3.03. The van der Waals surface area contributed by atoms with Gasteiger partial charge in [-0.25, -0.2) is 9.78 Å². The number of aryl methyl sites for hydroxylation is 1. The molecular formula is C17H29N3O3. The molecule has 0 aromatic carbocycles. The van der Waals surface area contributed by atoms with E-state index in [0.717, 1.165) is 25.1 Å². The second-order valence-corrected chi connectivity index (χ2v) is 7.47. The van der Waals surface area contributed by atoms with E-state index in [-0.39, 0.29) is 11.7 Å². The van der Waals surface area contributed by atoms with Crippen molar-refractivity contribution in [1.29, 1.82) is 0 Å². The lowest BCUT2D eigenvalue weighted by molar-refractivity contribution is -0.0396. The Morgan fingerprint density at radius 3 is 2.83 bits per heavy atom. The average molecular weight is 323 g/mol. The minimum Gasteiger partial charge on any atom is -0.444 e. The Morgan fingerprint density at radius 1 is 1.43 bits per heavy atom. The Balaban J connectivity index is 1.89. The summed E-state index contributed by atoms with van der Waals surface area (Å²) in [5, 5.41) is 0. The van der Waals surface area contributed by atoms with Crippen LogP contribution >= 0.6 is 0 Å². The molecule has 0 bridgehead atoms. The second-order valence-electron chi connectivity index (χ2n) is 7.47. The van der Waals surface area contributed by atoms with E-state index < -0.39 is 5.60 Å². The molecule has 6 nitrogen and oxygen atoms in total. The van der Waals surface area contributed by atoms with Crippen LogP contribution in [0.4, 0.5) is 4.79 Å². The number of carbonyl (C=O) groups is 1. The molecule has 0 saturated carbocycles. The van der Waals surface area contributed by atoms with Gasteiger partial charge in [-0.3, -0.25) is 0 Å². The van der Waals surface area contributed by atoms with Crippen LogP contribution in [0.1, 0.15) is 53.2 Å². The number of imidazole rings is 1. The topological polar surface area (TPSA) is 56.6 Å². The first-order chi connectivity index (χ1) is 10.7. The summed E-state index contributed by atoms with van der Waals surface area (Å²) in [6.07, 6.45) is 5.30. The van der Waals surface area contributed by atoms with Gasteiger partial charge >= 0.3 is 6.09 Å². The molecule has 1 saturated heterocycles. The second kappa shape index (κ2) is 6.91. The summed E-state index contributed by atoms with van der Waals surface area (Å²) in [5.74, 6) is 0. The zero-order valence-electron chi connectivity index (χ0n) is 15.0. The maximum Gasteiger partial charge on any atom is 0.410 e. The van der Waals surface area contributed by atoms with Crippen LogP contribution in [0, 0.1) is 0 Å². The lowest BCUT2D eigenvalue weighted by Crippen LogP contribution is -2.39. The fourth-order valence-corrected chi connectivity index (χ4v) is 2.69. The minimum atomic E-state index is -0.469. The van der Waals surface area contributed by atoms with Crippen LogP contribution in [0.25, 0.3) is 0 Å². The molecule has 1 atom stereocenters. The standard InChI is InChI=1S/C17H29N3O3/c1-6-8-20-13-18-10-14(20)11-22-17(5)7-9-19(12-17)15(21)23-16(2,3)4/h10,13H,6-9,11-12H2,1-5H3. The molecule has 0 radical (unpaired) electrons. The van der Waals surface area contributed by atoms with Crippen LogP contribution in [0.2, 0.25) is 0 Å². The van der Waals surface area contributed by atoms with Gasteiger partial charge in [0.2, 0.25) is 0 Å². The molecule has 1 aliphatic heterocycles. The predicted molar refractivity (Wildman–Crippen MR) is 88.1 cm³/mol. The zero-order chi connectivity index (χ0) is 17.1. The fraction of sp³-hybridized carbons (Fsp3) is 0.765. The monoisotopic (exact) mass is 323 g/mol. The number of likely N-dealkylation sites (tertiary alicyclic amines) is 1. The predicted octanol–water partition coefficient (Wildman–Crippen LogP) is 3.21. The highest BCUT2D eigenvalue weighted by molar-refractivity contribution is 5.68. The van der Waals surface area contributed by atoms with Crippen molar-refractivity contribution in [2.75, 3.05) is 13.1 Å². The number of aromatic nitrogens is 2. The molecule has 1 aliphatic rings. The third kappa shape index (κ3) is 4.96. The van der Waals surface area contributed by atoms with Crippen molar-refractivity contribution in [3.8, 4) is 0 Å². The molecule has 1 amide bonds. The van der Waals surface area contributed by atoms with E-state index in [9.17, 15) is 4.79 Å². The molecule has 1 unspecified atom stereocenters. The summed E-state index contributed by atoms with van der Waals surface area (Å²) in [4.78, 5) is 18.1. The van der Waals surface area contributed by atoms with Gasteiger partial charge < -0.3 is 18.9 Å². The number of nitrogens with zero attached hydrogens (tertiary/aromatic N) is 3. The summed E-state index contributed by atoms with van der Waals surface area (Å²) in [7, 11) is 0. The van der Waals surface area contributed by atoms with Crippen LogP contribution in [0.5, 0.6) is 0 Å². The van der Waals surface area contributed by atoms with Gasteiger partial charge in [0.05, 0.1) is 37.0 Å². The molecule has 0 N–H and O–H groups in total. The molecule has 1 fully saturated rings. The largest absolute Gasteiger partial charge is 0.444 e. The van der Waals surface area contributed by atoms with Gasteiger partial charge in [-0.1, -0.05) is 6.92 Å². The van der Waals surface area contributed by atoms with Crippen molar-refractivity contribution in [1.82, 2.24) is 14.5 Å². The van der Waals surface area contributed by atoms with E-state index in [1.807, 2.05) is 33.3 Å². The molecule has 130 valence electrons. The van der Waals surface area contributed by atoms with Crippen molar-refractivity contribution in [3.05, 3.63) is 18.2 Å². The van der Waals surface area contributed by atoms with Crippen LogP contribution < -0.4 is 0 Å². The lowest BCUT2D eigenvalue weighted by Gasteiger charge is -2.27. The maximum absolute atomic E-state index is 12.2. The van der Waals surface area contributed by atoms with E-state index >= 15 is 0 Å². The molecule has 1 aromatic rings. The van der Waals surface area contributed by atoms with Gasteiger partial charge in [-0.05, 0) is 40.5 Å².